The van der Waals surface area contributed by atoms with Gasteiger partial charge < -0.3 is 5.73 Å². The van der Waals surface area contributed by atoms with Gasteiger partial charge in [0.2, 0.25) is 10.0 Å². The maximum absolute atomic E-state index is 12.2. The third-order valence-electron chi connectivity index (χ3n) is 2.69. The van der Waals surface area contributed by atoms with E-state index < -0.39 is 25.5 Å². The maximum Gasteiger partial charge on any atom is 0.312 e. The highest BCUT2D eigenvalue weighted by atomic mass is 32.2. The predicted molar refractivity (Wildman–Crippen MR) is 75.8 cm³/mol. The highest BCUT2D eigenvalue weighted by molar-refractivity contribution is 7.89. The number of nitro groups is 1. The van der Waals surface area contributed by atoms with E-state index in [9.17, 15) is 18.5 Å². The molecule has 0 radical (unpaired) electrons. The van der Waals surface area contributed by atoms with Crippen LogP contribution < -0.4 is 10.5 Å². The maximum atomic E-state index is 12.2. The van der Waals surface area contributed by atoms with E-state index in [-0.39, 0.29) is 12.2 Å². The van der Waals surface area contributed by atoms with Crippen LogP contribution in [0.15, 0.2) is 47.6 Å². The Morgan fingerprint density at radius 2 is 2.05 bits per heavy atom. The van der Waals surface area contributed by atoms with Gasteiger partial charge in [0.1, 0.15) is 5.69 Å². The van der Waals surface area contributed by atoms with Gasteiger partial charge in [-0.05, 0) is 23.8 Å². The van der Waals surface area contributed by atoms with Gasteiger partial charge >= 0.3 is 5.69 Å². The number of para-hydroxylation sites is 1. The van der Waals surface area contributed by atoms with Crippen LogP contribution in [0.25, 0.3) is 0 Å². The molecule has 0 unspecified atom stereocenters. The van der Waals surface area contributed by atoms with Gasteiger partial charge in [-0.1, -0.05) is 12.1 Å². The van der Waals surface area contributed by atoms with Gasteiger partial charge in [-0.3, -0.25) is 15.1 Å². The summed E-state index contributed by atoms with van der Waals surface area (Å²) < 4.78 is 26.7. The van der Waals surface area contributed by atoms with Crippen LogP contribution >= 0.6 is 0 Å². The molecule has 8 nitrogen and oxygen atoms in total. The Kier molecular flexibility index (Phi) is 4.15. The van der Waals surface area contributed by atoms with Crippen LogP contribution in [0.5, 0.6) is 0 Å². The van der Waals surface area contributed by atoms with Crippen LogP contribution in [0, 0.1) is 10.1 Å². The average Bonchev–Trinajstić information content (AvgIpc) is 2.46. The molecule has 1 aromatic heterocycles. The number of nitrogens with two attached hydrogens (primary N) is 1. The van der Waals surface area contributed by atoms with Crippen molar-refractivity contribution in [3.8, 4) is 0 Å². The van der Waals surface area contributed by atoms with Crippen molar-refractivity contribution < 1.29 is 13.3 Å². The second-order valence-corrected chi connectivity index (χ2v) is 5.87. The number of aromatic nitrogens is 1. The summed E-state index contributed by atoms with van der Waals surface area (Å²) in [4.78, 5) is 13.6. The van der Waals surface area contributed by atoms with E-state index in [1.165, 1.54) is 18.3 Å². The normalized spacial score (nSPS) is 11.2. The highest BCUT2D eigenvalue weighted by Crippen LogP contribution is 2.29. The molecule has 1 aromatic carbocycles. The second-order valence-electron chi connectivity index (χ2n) is 4.14. The fourth-order valence-electron chi connectivity index (χ4n) is 1.71. The van der Waals surface area contributed by atoms with Crippen LogP contribution in [-0.4, -0.2) is 18.3 Å². The number of pyridine rings is 1. The average molecular weight is 308 g/mol. The summed E-state index contributed by atoms with van der Waals surface area (Å²) in [5, 5.41) is 11.0. The highest BCUT2D eigenvalue weighted by Gasteiger charge is 2.27. The summed E-state index contributed by atoms with van der Waals surface area (Å²) in [5.74, 6) is 0. The van der Waals surface area contributed by atoms with E-state index in [0.717, 1.165) is 6.07 Å². The number of rotatable bonds is 5. The molecule has 3 N–H and O–H groups in total. The van der Waals surface area contributed by atoms with Crippen molar-refractivity contribution in [2.75, 3.05) is 5.73 Å². The number of anilines is 1. The first-order chi connectivity index (χ1) is 9.92. The van der Waals surface area contributed by atoms with Crippen molar-refractivity contribution in [1.82, 2.24) is 9.71 Å². The SMILES string of the molecule is Nc1cccc(S(=O)(=O)NCc2cccnc2)c1[N+](=O)[O-]. The lowest BCUT2D eigenvalue weighted by molar-refractivity contribution is -0.386. The summed E-state index contributed by atoms with van der Waals surface area (Å²) in [6.07, 6.45) is 3.05. The smallest absolute Gasteiger partial charge is 0.312 e. The summed E-state index contributed by atoms with van der Waals surface area (Å²) in [6.45, 7) is -0.0257. The molecule has 0 amide bonds. The Morgan fingerprint density at radius 1 is 1.29 bits per heavy atom. The standard InChI is InChI=1S/C12H12N4O4S/c13-10-4-1-5-11(12(10)16(17)18)21(19,20)15-8-9-3-2-6-14-7-9/h1-7,15H,8,13H2. The number of benzene rings is 1. The molecule has 2 rings (SSSR count). The molecule has 0 aliphatic rings. The quantitative estimate of drug-likeness (QED) is 0.482. The van der Waals surface area contributed by atoms with E-state index in [2.05, 4.69) is 9.71 Å². The van der Waals surface area contributed by atoms with Crippen molar-refractivity contribution >= 4 is 21.4 Å². The number of hydrogen-bond donors (Lipinski definition) is 2. The number of hydrogen-bond acceptors (Lipinski definition) is 6. The molecule has 0 spiro atoms. The summed E-state index contributed by atoms with van der Waals surface area (Å²) in [7, 11) is -4.06. The van der Waals surface area contributed by atoms with Crippen LogP contribution in [-0.2, 0) is 16.6 Å². The minimum Gasteiger partial charge on any atom is -0.393 e. The van der Waals surface area contributed by atoms with E-state index in [1.54, 1.807) is 18.3 Å². The van der Waals surface area contributed by atoms with Gasteiger partial charge in [0, 0.05) is 18.9 Å². The fourth-order valence-corrected chi connectivity index (χ4v) is 2.93. The molecule has 0 atom stereocenters. The minimum atomic E-state index is -4.06. The van der Waals surface area contributed by atoms with E-state index in [4.69, 9.17) is 5.73 Å². The van der Waals surface area contributed by atoms with E-state index >= 15 is 0 Å². The number of nitro benzene ring substituents is 1. The van der Waals surface area contributed by atoms with E-state index in [0.29, 0.717) is 5.56 Å². The Hall–Kier alpha value is -2.52. The molecular weight excluding hydrogens is 296 g/mol. The molecular formula is C12H12N4O4S. The molecule has 110 valence electrons. The molecule has 0 aliphatic heterocycles. The van der Waals surface area contributed by atoms with Crippen molar-refractivity contribution in [1.29, 1.82) is 0 Å². The van der Waals surface area contributed by atoms with Crippen LogP contribution in [0.4, 0.5) is 11.4 Å². The Morgan fingerprint density at radius 3 is 2.67 bits per heavy atom. The molecule has 0 saturated heterocycles. The minimum absolute atomic E-state index is 0.0257. The van der Waals surface area contributed by atoms with Crippen LogP contribution in [0.2, 0.25) is 0 Å². The number of nitrogens with zero attached hydrogens (tertiary/aromatic N) is 2. The fraction of sp³-hybridized carbons (Fsp3) is 0.0833. The summed E-state index contributed by atoms with van der Waals surface area (Å²) >= 11 is 0. The molecule has 0 bridgehead atoms. The zero-order valence-electron chi connectivity index (χ0n) is 10.8. The largest absolute Gasteiger partial charge is 0.393 e. The lowest BCUT2D eigenvalue weighted by atomic mass is 10.3. The summed E-state index contributed by atoms with van der Waals surface area (Å²) in [5.41, 5.74) is 5.28. The van der Waals surface area contributed by atoms with Crippen LogP contribution in [0.3, 0.4) is 0 Å². The molecule has 9 heteroatoms. The van der Waals surface area contributed by atoms with Gasteiger partial charge in [-0.2, -0.15) is 0 Å². The Bertz CT molecular complexity index is 762. The van der Waals surface area contributed by atoms with Crippen molar-refractivity contribution in [2.24, 2.45) is 0 Å². The first kappa shape index (κ1) is 14.9. The Labute approximate surface area is 120 Å². The van der Waals surface area contributed by atoms with Crippen molar-refractivity contribution in [3.63, 3.8) is 0 Å². The van der Waals surface area contributed by atoms with E-state index in [1.807, 2.05) is 0 Å². The third-order valence-corrected chi connectivity index (χ3v) is 4.12. The lowest BCUT2D eigenvalue weighted by Gasteiger charge is -2.08. The van der Waals surface area contributed by atoms with Gasteiger partial charge in [-0.15, -0.1) is 0 Å². The lowest BCUT2D eigenvalue weighted by Crippen LogP contribution is -2.24. The zero-order valence-corrected chi connectivity index (χ0v) is 11.6. The topological polar surface area (TPSA) is 128 Å². The first-order valence-electron chi connectivity index (χ1n) is 5.83. The van der Waals surface area contributed by atoms with Gasteiger partial charge in [0.15, 0.2) is 4.90 Å². The monoisotopic (exact) mass is 308 g/mol. The molecule has 0 saturated carbocycles. The molecule has 0 aliphatic carbocycles. The number of nitrogen functional groups attached to an aromatic ring is 1. The molecule has 1 heterocycles. The molecule has 2 aromatic rings. The predicted octanol–water partition coefficient (Wildman–Crippen LogP) is 1.05. The van der Waals surface area contributed by atoms with Gasteiger partial charge in [0.25, 0.3) is 0 Å². The number of sulfonamides is 1. The number of nitrogens with one attached hydrogen (secondary N) is 1. The van der Waals surface area contributed by atoms with Crippen molar-refractivity contribution in [3.05, 3.63) is 58.4 Å². The van der Waals surface area contributed by atoms with Crippen molar-refractivity contribution in [2.45, 2.75) is 11.4 Å². The van der Waals surface area contributed by atoms with Crippen LogP contribution in [0.1, 0.15) is 5.56 Å². The molecule has 21 heavy (non-hydrogen) atoms. The second kappa shape index (κ2) is 5.85. The third kappa shape index (κ3) is 3.33. The molecule has 0 fully saturated rings. The zero-order chi connectivity index (χ0) is 15.5. The first-order valence-corrected chi connectivity index (χ1v) is 7.31. The van der Waals surface area contributed by atoms with Gasteiger partial charge in [-0.25, -0.2) is 13.1 Å². The Balaban J connectivity index is 2.32. The summed E-state index contributed by atoms with van der Waals surface area (Å²) in [6, 6.07) is 7.11. The van der Waals surface area contributed by atoms with Gasteiger partial charge in [0.05, 0.1) is 4.92 Å².